The van der Waals surface area contributed by atoms with Crippen molar-refractivity contribution in [1.82, 2.24) is 4.98 Å². The number of aromatic nitrogens is 1. The SMILES string of the molecule is O=c1cc(C(F)(F)F)c2cc(N(Cc3cccs3)CC(F)(F)F)ccc2[nH]1. The highest BCUT2D eigenvalue weighted by Crippen LogP contribution is 2.35. The van der Waals surface area contributed by atoms with Crippen LogP contribution < -0.4 is 10.5 Å². The Labute approximate surface area is 152 Å². The van der Waals surface area contributed by atoms with Crippen molar-refractivity contribution in [2.45, 2.75) is 18.9 Å². The molecule has 0 unspecified atom stereocenters. The number of hydrogen-bond donors (Lipinski definition) is 1. The third-order valence-corrected chi connectivity index (χ3v) is 4.66. The van der Waals surface area contributed by atoms with E-state index >= 15 is 0 Å². The normalized spacial score (nSPS) is 12.5. The molecule has 3 aromatic rings. The Bertz CT molecular complexity index is 991. The van der Waals surface area contributed by atoms with Crippen molar-refractivity contribution in [3.8, 4) is 0 Å². The average molecular weight is 406 g/mol. The second kappa shape index (κ2) is 6.91. The fourth-order valence-electron chi connectivity index (χ4n) is 2.72. The average Bonchev–Trinajstić information content (AvgIpc) is 3.04. The lowest BCUT2D eigenvalue weighted by Gasteiger charge is -2.26. The van der Waals surface area contributed by atoms with Gasteiger partial charge < -0.3 is 9.88 Å². The van der Waals surface area contributed by atoms with Gasteiger partial charge in [-0.05, 0) is 29.6 Å². The fourth-order valence-corrected chi connectivity index (χ4v) is 3.44. The second-order valence-electron chi connectivity index (χ2n) is 5.83. The minimum absolute atomic E-state index is 0.0224. The number of H-pyrrole nitrogens is 1. The molecular formula is C17H12F6N2OS. The molecular weight excluding hydrogens is 394 g/mol. The minimum atomic E-state index is -4.81. The van der Waals surface area contributed by atoms with Crippen molar-refractivity contribution in [2.75, 3.05) is 11.4 Å². The van der Waals surface area contributed by atoms with Gasteiger partial charge in [-0.2, -0.15) is 26.3 Å². The Morgan fingerprint density at radius 1 is 1.04 bits per heavy atom. The van der Waals surface area contributed by atoms with Crippen molar-refractivity contribution in [3.05, 3.63) is 62.6 Å². The summed E-state index contributed by atoms with van der Waals surface area (Å²) in [5.74, 6) is 0. The van der Waals surface area contributed by atoms with Gasteiger partial charge in [0.05, 0.1) is 12.1 Å². The van der Waals surface area contributed by atoms with Crippen molar-refractivity contribution < 1.29 is 26.3 Å². The zero-order valence-electron chi connectivity index (χ0n) is 13.5. The van der Waals surface area contributed by atoms with E-state index in [1.807, 2.05) is 0 Å². The molecule has 0 atom stereocenters. The molecule has 27 heavy (non-hydrogen) atoms. The van der Waals surface area contributed by atoms with Crippen LogP contribution in [-0.2, 0) is 12.7 Å². The standard InChI is InChI=1S/C17H12F6N2OS/c18-16(19,20)9-25(8-11-2-1-5-27-11)10-3-4-14-12(6-10)13(17(21,22)23)7-15(26)24-14/h1-7H,8-9H2,(H,24,26). The van der Waals surface area contributed by atoms with Gasteiger partial charge in [0.2, 0.25) is 5.56 Å². The Kier molecular flexibility index (Phi) is 4.94. The van der Waals surface area contributed by atoms with Crippen LogP contribution in [0.3, 0.4) is 0 Å². The predicted molar refractivity (Wildman–Crippen MR) is 91.0 cm³/mol. The van der Waals surface area contributed by atoms with E-state index in [-0.39, 0.29) is 23.1 Å². The predicted octanol–water partition coefficient (Wildman–Crippen LogP) is 5.18. The van der Waals surface area contributed by atoms with Crippen LogP contribution in [0, 0.1) is 0 Å². The zero-order chi connectivity index (χ0) is 19.8. The maximum atomic E-state index is 13.3. The molecule has 0 amide bonds. The van der Waals surface area contributed by atoms with Crippen LogP contribution in [-0.4, -0.2) is 17.7 Å². The first-order chi connectivity index (χ1) is 12.5. The topological polar surface area (TPSA) is 36.1 Å². The highest BCUT2D eigenvalue weighted by Gasteiger charge is 2.34. The lowest BCUT2D eigenvalue weighted by molar-refractivity contribution is -0.136. The van der Waals surface area contributed by atoms with E-state index in [1.54, 1.807) is 17.5 Å². The number of benzene rings is 1. The molecule has 1 N–H and O–H groups in total. The Balaban J connectivity index is 2.11. The van der Waals surface area contributed by atoms with Gasteiger partial charge in [0, 0.05) is 27.5 Å². The molecule has 0 radical (unpaired) electrons. The number of nitrogens with zero attached hydrogens (tertiary/aromatic N) is 1. The number of rotatable bonds is 4. The van der Waals surface area contributed by atoms with Crippen molar-refractivity contribution >= 4 is 27.9 Å². The molecule has 144 valence electrons. The first-order valence-electron chi connectivity index (χ1n) is 7.61. The number of thiophene rings is 1. The Morgan fingerprint density at radius 2 is 1.78 bits per heavy atom. The largest absolute Gasteiger partial charge is 0.417 e. The molecule has 0 saturated heterocycles. The van der Waals surface area contributed by atoms with Crippen LogP contribution in [0.15, 0.2) is 46.6 Å². The molecule has 0 aliphatic heterocycles. The number of fused-ring (bicyclic) bond motifs is 1. The zero-order valence-corrected chi connectivity index (χ0v) is 14.3. The summed E-state index contributed by atoms with van der Waals surface area (Å²) in [6.45, 7) is -1.42. The van der Waals surface area contributed by atoms with E-state index in [4.69, 9.17) is 0 Å². The molecule has 1 aromatic carbocycles. The quantitative estimate of drug-likeness (QED) is 0.607. The number of nitrogens with one attached hydrogen (secondary N) is 1. The first-order valence-corrected chi connectivity index (χ1v) is 8.49. The number of alkyl halides is 6. The Hall–Kier alpha value is -2.49. The maximum absolute atomic E-state index is 13.3. The van der Waals surface area contributed by atoms with E-state index < -0.39 is 30.0 Å². The number of anilines is 1. The summed E-state index contributed by atoms with van der Waals surface area (Å²) in [6.07, 6.45) is -9.35. The van der Waals surface area contributed by atoms with Gasteiger partial charge in [-0.3, -0.25) is 4.79 Å². The van der Waals surface area contributed by atoms with Crippen LogP contribution >= 0.6 is 11.3 Å². The van der Waals surface area contributed by atoms with E-state index in [0.717, 1.165) is 11.0 Å². The molecule has 0 saturated carbocycles. The second-order valence-corrected chi connectivity index (χ2v) is 6.86. The number of hydrogen-bond acceptors (Lipinski definition) is 3. The fraction of sp³-hybridized carbons (Fsp3) is 0.235. The third kappa shape index (κ3) is 4.62. The van der Waals surface area contributed by atoms with Crippen LogP contribution in [0.4, 0.5) is 32.0 Å². The highest BCUT2D eigenvalue weighted by molar-refractivity contribution is 7.09. The van der Waals surface area contributed by atoms with E-state index in [0.29, 0.717) is 10.9 Å². The van der Waals surface area contributed by atoms with Crippen molar-refractivity contribution in [3.63, 3.8) is 0 Å². The third-order valence-electron chi connectivity index (χ3n) is 3.79. The van der Waals surface area contributed by atoms with Gasteiger partial charge in [-0.15, -0.1) is 11.3 Å². The Morgan fingerprint density at radius 3 is 2.37 bits per heavy atom. The summed E-state index contributed by atoms with van der Waals surface area (Å²) >= 11 is 1.25. The molecule has 3 nitrogen and oxygen atoms in total. The summed E-state index contributed by atoms with van der Waals surface area (Å²) in [5, 5.41) is 1.34. The summed E-state index contributed by atoms with van der Waals surface area (Å²) in [7, 11) is 0. The molecule has 0 fully saturated rings. The minimum Gasteiger partial charge on any atom is -0.357 e. The number of pyridine rings is 1. The van der Waals surface area contributed by atoms with Gasteiger partial charge >= 0.3 is 12.4 Å². The molecule has 0 aliphatic rings. The van der Waals surface area contributed by atoms with Gasteiger partial charge in [0.15, 0.2) is 0 Å². The molecule has 0 aliphatic carbocycles. The van der Waals surface area contributed by atoms with E-state index in [2.05, 4.69) is 4.98 Å². The molecule has 2 heterocycles. The van der Waals surface area contributed by atoms with Gasteiger partial charge in [-0.25, -0.2) is 0 Å². The van der Waals surface area contributed by atoms with Crippen LogP contribution in [0.1, 0.15) is 10.4 Å². The lowest BCUT2D eigenvalue weighted by Crippen LogP contribution is -2.33. The van der Waals surface area contributed by atoms with Gasteiger partial charge in [0.25, 0.3) is 0 Å². The van der Waals surface area contributed by atoms with E-state index in [9.17, 15) is 31.1 Å². The summed E-state index contributed by atoms with van der Waals surface area (Å²) in [6, 6.07) is 7.19. The van der Waals surface area contributed by atoms with Crippen LogP contribution in [0.2, 0.25) is 0 Å². The summed E-state index contributed by atoms with van der Waals surface area (Å²) < 4.78 is 78.8. The van der Waals surface area contributed by atoms with Crippen molar-refractivity contribution in [1.29, 1.82) is 0 Å². The van der Waals surface area contributed by atoms with Gasteiger partial charge in [0.1, 0.15) is 6.54 Å². The highest BCUT2D eigenvalue weighted by atomic mass is 32.1. The molecule has 0 bridgehead atoms. The maximum Gasteiger partial charge on any atom is 0.417 e. The van der Waals surface area contributed by atoms with Gasteiger partial charge in [-0.1, -0.05) is 6.07 Å². The molecule has 0 spiro atoms. The lowest BCUT2D eigenvalue weighted by atomic mass is 10.1. The van der Waals surface area contributed by atoms with Crippen molar-refractivity contribution in [2.24, 2.45) is 0 Å². The number of halogens is 6. The van der Waals surface area contributed by atoms with Crippen LogP contribution in [0.25, 0.3) is 10.9 Å². The summed E-state index contributed by atoms with van der Waals surface area (Å²) in [5.41, 5.74) is -2.24. The monoisotopic (exact) mass is 406 g/mol. The van der Waals surface area contributed by atoms with Crippen LogP contribution in [0.5, 0.6) is 0 Å². The molecule has 10 heteroatoms. The molecule has 2 aromatic heterocycles. The first kappa shape index (κ1) is 19.3. The summed E-state index contributed by atoms with van der Waals surface area (Å²) in [4.78, 5) is 15.3. The number of aromatic amines is 1. The molecule has 3 rings (SSSR count). The smallest absolute Gasteiger partial charge is 0.357 e. The van der Waals surface area contributed by atoms with E-state index in [1.165, 1.54) is 23.5 Å².